The van der Waals surface area contributed by atoms with Crippen LogP contribution in [0.1, 0.15) is 12.8 Å². The summed E-state index contributed by atoms with van der Waals surface area (Å²) in [6, 6.07) is 8.24. The number of anilines is 2. The molecule has 0 bridgehead atoms. The second kappa shape index (κ2) is 9.01. The lowest BCUT2D eigenvalue weighted by atomic mass is 10.2. The molecule has 0 unspecified atom stereocenters. The highest BCUT2D eigenvalue weighted by Crippen LogP contribution is 2.41. The fourth-order valence-corrected chi connectivity index (χ4v) is 5.93. The molecule has 3 aromatic heterocycles. The maximum absolute atomic E-state index is 5.66. The summed E-state index contributed by atoms with van der Waals surface area (Å²) in [7, 11) is 3.38. The van der Waals surface area contributed by atoms with Gasteiger partial charge >= 0.3 is 0 Å². The van der Waals surface area contributed by atoms with Crippen molar-refractivity contribution in [3.8, 4) is 16.6 Å². The van der Waals surface area contributed by atoms with E-state index in [2.05, 4.69) is 28.0 Å². The van der Waals surface area contributed by atoms with Gasteiger partial charge in [-0.15, -0.1) is 11.3 Å². The standard InChI is InChI=1S/C24H28N6O3S/c1-31-15-30-22-16(5-8-19(26-22)29-9-3-4-10-29)25-23(30)24-27-20-18(32-2)7-6-17(21(20)34-24)28-11-13-33-14-12-28/h5-8H,3-4,9-15H2,1-2H3. The van der Waals surface area contributed by atoms with Crippen molar-refractivity contribution in [2.45, 2.75) is 19.6 Å². The third kappa shape index (κ3) is 3.66. The van der Waals surface area contributed by atoms with Crippen molar-refractivity contribution >= 4 is 44.2 Å². The molecule has 0 saturated carbocycles. The highest BCUT2D eigenvalue weighted by atomic mass is 32.1. The van der Waals surface area contributed by atoms with Crippen molar-refractivity contribution in [2.24, 2.45) is 0 Å². The van der Waals surface area contributed by atoms with Gasteiger partial charge in [-0.25, -0.2) is 15.0 Å². The van der Waals surface area contributed by atoms with Crippen molar-refractivity contribution in [2.75, 3.05) is 63.4 Å². The number of rotatable bonds is 6. The fourth-order valence-electron chi connectivity index (χ4n) is 4.81. The van der Waals surface area contributed by atoms with Gasteiger partial charge in [-0.2, -0.15) is 0 Å². The zero-order valence-corrected chi connectivity index (χ0v) is 20.3. The molecule has 4 aromatic rings. The Bertz CT molecular complexity index is 1320. The Hall–Kier alpha value is -2.95. The van der Waals surface area contributed by atoms with Gasteiger partial charge in [0.2, 0.25) is 0 Å². The van der Waals surface area contributed by atoms with Gasteiger partial charge in [-0.1, -0.05) is 0 Å². The molecule has 0 spiro atoms. The Morgan fingerprint density at radius 2 is 1.76 bits per heavy atom. The third-order valence-corrected chi connectivity index (χ3v) is 7.59. The van der Waals surface area contributed by atoms with E-state index in [9.17, 15) is 0 Å². The van der Waals surface area contributed by atoms with Crippen LogP contribution in [-0.2, 0) is 16.2 Å². The zero-order valence-electron chi connectivity index (χ0n) is 19.5. The van der Waals surface area contributed by atoms with Crippen LogP contribution in [0.2, 0.25) is 0 Å². The van der Waals surface area contributed by atoms with Gasteiger partial charge < -0.3 is 24.0 Å². The van der Waals surface area contributed by atoms with Gasteiger partial charge in [0.25, 0.3) is 0 Å². The van der Waals surface area contributed by atoms with Crippen LogP contribution in [0.15, 0.2) is 24.3 Å². The number of thiazole rings is 1. The van der Waals surface area contributed by atoms with E-state index >= 15 is 0 Å². The van der Waals surface area contributed by atoms with Crippen molar-refractivity contribution < 1.29 is 14.2 Å². The molecular weight excluding hydrogens is 452 g/mol. The highest BCUT2D eigenvalue weighted by Gasteiger charge is 2.24. The van der Waals surface area contributed by atoms with E-state index in [0.29, 0.717) is 6.73 Å². The number of hydrogen-bond donors (Lipinski definition) is 0. The molecule has 5 heterocycles. The van der Waals surface area contributed by atoms with Crippen molar-refractivity contribution in [1.29, 1.82) is 0 Å². The van der Waals surface area contributed by atoms with E-state index in [1.807, 2.05) is 10.6 Å². The fraction of sp³-hybridized carbons (Fsp3) is 0.458. The Kier molecular flexibility index (Phi) is 5.72. The number of aromatic nitrogens is 4. The Morgan fingerprint density at radius 3 is 2.53 bits per heavy atom. The summed E-state index contributed by atoms with van der Waals surface area (Å²) < 4.78 is 19.9. The number of pyridine rings is 1. The van der Waals surface area contributed by atoms with Crippen LogP contribution < -0.4 is 14.5 Å². The largest absolute Gasteiger partial charge is 0.494 e. The second-order valence-electron chi connectivity index (χ2n) is 8.57. The molecule has 0 atom stereocenters. The maximum Gasteiger partial charge on any atom is 0.173 e. The molecule has 0 aliphatic carbocycles. The van der Waals surface area contributed by atoms with Gasteiger partial charge in [0.1, 0.15) is 29.3 Å². The minimum atomic E-state index is 0.353. The quantitative estimate of drug-likeness (QED) is 0.413. The molecule has 10 heteroatoms. The average Bonchev–Trinajstić information content (AvgIpc) is 3.63. The first-order valence-electron chi connectivity index (χ1n) is 11.7. The Labute approximate surface area is 201 Å². The normalized spacial score (nSPS) is 16.8. The molecule has 2 aliphatic rings. The van der Waals surface area contributed by atoms with E-state index in [4.69, 9.17) is 29.2 Å². The Balaban J connectivity index is 1.49. The predicted octanol–water partition coefficient (Wildman–Crippen LogP) is 3.76. The molecule has 2 aliphatic heterocycles. The van der Waals surface area contributed by atoms with E-state index in [1.165, 1.54) is 12.8 Å². The summed E-state index contributed by atoms with van der Waals surface area (Å²) >= 11 is 1.63. The van der Waals surface area contributed by atoms with E-state index in [-0.39, 0.29) is 0 Å². The van der Waals surface area contributed by atoms with Gasteiger partial charge in [-0.05, 0) is 37.1 Å². The summed E-state index contributed by atoms with van der Waals surface area (Å²) in [5.74, 6) is 2.52. The highest BCUT2D eigenvalue weighted by molar-refractivity contribution is 7.22. The number of benzene rings is 1. The second-order valence-corrected chi connectivity index (χ2v) is 9.57. The molecule has 1 aromatic carbocycles. The van der Waals surface area contributed by atoms with Crippen LogP contribution >= 0.6 is 11.3 Å². The van der Waals surface area contributed by atoms with Crippen LogP contribution in [-0.4, -0.2) is 73.1 Å². The average molecular weight is 481 g/mol. The number of hydrogen-bond acceptors (Lipinski definition) is 9. The summed E-state index contributed by atoms with van der Waals surface area (Å²) in [5, 5.41) is 0.826. The lowest BCUT2D eigenvalue weighted by molar-refractivity contribution is 0.123. The predicted molar refractivity (Wildman–Crippen MR) is 134 cm³/mol. The van der Waals surface area contributed by atoms with Gasteiger partial charge in [0.05, 0.1) is 30.7 Å². The van der Waals surface area contributed by atoms with E-state index in [0.717, 1.165) is 88.9 Å². The SMILES string of the molecule is COCn1c(-c2nc3c(OC)ccc(N4CCOCC4)c3s2)nc2ccc(N3CCCC3)nc21. The number of imidazole rings is 1. The van der Waals surface area contributed by atoms with Gasteiger partial charge in [0, 0.05) is 33.3 Å². The first-order valence-corrected chi connectivity index (χ1v) is 12.5. The van der Waals surface area contributed by atoms with E-state index in [1.54, 1.807) is 25.6 Å². The molecule has 6 rings (SSSR count). The van der Waals surface area contributed by atoms with Crippen LogP contribution in [0.25, 0.3) is 32.2 Å². The first kappa shape index (κ1) is 21.6. The van der Waals surface area contributed by atoms with Crippen molar-refractivity contribution in [1.82, 2.24) is 19.5 Å². The molecule has 34 heavy (non-hydrogen) atoms. The number of ether oxygens (including phenoxy) is 3. The van der Waals surface area contributed by atoms with Crippen LogP contribution in [0, 0.1) is 0 Å². The topological polar surface area (TPSA) is 77.8 Å². The molecule has 2 saturated heterocycles. The van der Waals surface area contributed by atoms with Crippen molar-refractivity contribution in [3.63, 3.8) is 0 Å². The third-order valence-electron chi connectivity index (χ3n) is 6.51. The number of nitrogens with zero attached hydrogens (tertiary/aromatic N) is 6. The molecule has 0 radical (unpaired) electrons. The van der Waals surface area contributed by atoms with Crippen LogP contribution in [0.3, 0.4) is 0 Å². The zero-order chi connectivity index (χ0) is 23.1. The number of fused-ring (bicyclic) bond motifs is 2. The van der Waals surface area contributed by atoms with E-state index < -0.39 is 0 Å². The lowest BCUT2D eigenvalue weighted by Gasteiger charge is -2.29. The lowest BCUT2D eigenvalue weighted by Crippen LogP contribution is -2.36. The molecule has 0 amide bonds. The molecule has 0 N–H and O–H groups in total. The molecule has 9 nitrogen and oxygen atoms in total. The van der Waals surface area contributed by atoms with Gasteiger partial charge in [0.15, 0.2) is 16.5 Å². The Morgan fingerprint density at radius 1 is 0.941 bits per heavy atom. The minimum Gasteiger partial charge on any atom is -0.494 e. The molecule has 178 valence electrons. The molecule has 2 fully saturated rings. The maximum atomic E-state index is 5.66. The monoisotopic (exact) mass is 480 g/mol. The summed E-state index contributed by atoms with van der Waals surface area (Å²) in [5.41, 5.74) is 3.68. The molecular formula is C24H28N6O3S. The first-order chi connectivity index (χ1) is 16.8. The van der Waals surface area contributed by atoms with Crippen LogP contribution in [0.5, 0.6) is 5.75 Å². The number of methoxy groups -OCH3 is 2. The summed E-state index contributed by atoms with van der Waals surface area (Å²) in [6.07, 6.45) is 2.42. The summed E-state index contributed by atoms with van der Waals surface area (Å²) in [4.78, 5) is 19.6. The van der Waals surface area contributed by atoms with Crippen molar-refractivity contribution in [3.05, 3.63) is 24.3 Å². The number of morpholine rings is 1. The minimum absolute atomic E-state index is 0.353. The smallest absolute Gasteiger partial charge is 0.173 e. The summed E-state index contributed by atoms with van der Waals surface area (Å²) in [6.45, 7) is 5.63. The van der Waals surface area contributed by atoms with Crippen LogP contribution in [0.4, 0.5) is 11.5 Å². The van der Waals surface area contributed by atoms with Gasteiger partial charge in [-0.3, -0.25) is 4.57 Å².